The molecular weight excluding hydrogens is 342 g/mol. The molecule has 1 aliphatic rings. The number of carbonyl (C=O) groups is 2. The molecule has 0 saturated carbocycles. The van der Waals surface area contributed by atoms with Crippen LogP contribution in [0.15, 0.2) is 59.3 Å². The third kappa shape index (κ3) is 3.89. The van der Waals surface area contributed by atoms with Gasteiger partial charge in [-0.05, 0) is 42.5 Å². The van der Waals surface area contributed by atoms with Crippen molar-refractivity contribution in [1.29, 1.82) is 0 Å². The van der Waals surface area contributed by atoms with Gasteiger partial charge in [0.25, 0.3) is 5.91 Å². The molecule has 1 aromatic carbocycles. The zero-order chi connectivity index (χ0) is 18.6. The molecule has 3 aromatic rings. The molecule has 6 nitrogen and oxygen atoms in total. The van der Waals surface area contributed by atoms with E-state index in [1.54, 1.807) is 17.0 Å². The van der Waals surface area contributed by atoms with Gasteiger partial charge in [0, 0.05) is 43.8 Å². The highest BCUT2D eigenvalue weighted by atomic mass is 16.3. The first-order chi connectivity index (χ1) is 13.2. The molecule has 0 radical (unpaired) electrons. The van der Waals surface area contributed by atoms with Crippen LogP contribution in [-0.2, 0) is 11.3 Å². The van der Waals surface area contributed by atoms with Gasteiger partial charge in [-0.25, -0.2) is 0 Å². The van der Waals surface area contributed by atoms with Gasteiger partial charge < -0.3 is 19.2 Å². The molecule has 0 unspecified atom stereocenters. The number of aromatic nitrogens is 1. The number of rotatable bonds is 5. The van der Waals surface area contributed by atoms with Gasteiger partial charge in [0.05, 0.1) is 6.26 Å². The van der Waals surface area contributed by atoms with Crippen LogP contribution in [0.5, 0.6) is 0 Å². The number of hydrogen-bond donors (Lipinski definition) is 1. The van der Waals surface area contributed by atoms with Crippen molar-refractivity contribution < 1.29 is 14.0 Å². The summed E-state index contributed by atoms with van der Waals surface area (Å²) in [5, 5.41) is 4.30. The first-order valence-corrected chi connectivity index (χ1v) is 9.37. The smallest absolute Gasteiger partial charge is 0.289 e. The van der Waals surface area contributed by atoms with E-state index in [-0.39, 0.29) is 17.9 Å². The number of nitrogens with zero attached hydrogens (tertiary/aromatic N) is 2. The normalized spacial score (nSPS) is 15.2. The fraction of sp³-hybridized carbons (Fsp3) is 0.333. The molecule has 1 saturated heterocycles. The van der Waals surface area contributed by atoms with Crippen molar-refractivity contribution in [3.8, 4) is 0 Å². The summed E-state index contributed by atoms with van der Waals surface area (Å²) in [6.45, 7) is 1.93. The minimum atomic E-state index is -0.0794. The van der Waals surface area contributed by atoms with Crippen LogP contribution in [0.1, 0.15) is 29.8 Å². The summed E-state index contributed by atoms with van der Waals surface area (Å²) in [6.07, 6.45) is 5.52. The second kappa shape index (κ2) is 7.70. The highest BCUT2D eigenvalue weighted by Gasteiger charge is 2.25. The van der Waals surface area contributed by atoms with Gasteiger partial charge in [0.15, 0.2) is 5.76 Å². The van der Waals surface area contributed by atoms with Gasteiger partial charge in [-0.3, -0.25) is 9.59 Å². The number of carbonyl (C=O) groups excluding carboxylic acids is 2. The van der Waals surface area contributed by atoms with Crippen LogP contribution < -0.4 is 5.32 Å². The Balaban J connectivity index is 1.24. The van der Waals surface area contributed by atoms with Crippen LogP contribution >= 0.6 is 0 Å². The fourth-order valence-corrected chi connectivity index (χ4v) is 3.64. The van der Waals surface area contributed by atoms with Crippen LogP contribution in [0.3, 0.4) is 0 Å². The number of hydrogen-bond acceptors (Lipinski definition) is 3. The molecule has 1 N–H and O–H groups in total. The average Bonchev–Trinajstić information content (AvgIpc) is 3.37. The number of amides is 2. The van der Waals surface area contributed by atoms with Gasteiger partial charge in [0.1, 0.15) is 0 Å². The lowest BCUT2D eigenvalue weighted by atomic mass is 10.0. The van der Waals surface area contributed by atoms with E-state index in [9.17, 15) is 9.59 Å². The van der Waals surface area contributed by atoms with E-state index in [0.29, 0.717) is 31.8 Å². The number of benzene rings is 1. The number of nitrogens with one attached hydrogen (secondary N) is 1. The van der Waals surface area contributed by atoms with Gasteiger partial charge in [-0.2, -0.15) is 0 Å². The van der Waals surface area contributed by atoms with E-state index >= 15 is 0 Å². The maximum absolute atomic E-state index is 12.3. The summed E-state index contributed by atoms with van der Waals surface area (Å²) in [6, 6.07) is 13.8. The molecule has 1 fully saturated rings. The molecule has 2 amide bonds. The number of para-hydroxylation sites is 1. The summed E-state index contributed by atoms with van der Waals surface area (Å²) in [4.78, 5) is 26.4. The number of likely N-dealkylation sites (tertiary alicyclic amines) is 1. The fourth-order valence-electron chi connectivity index (χ4n) is 3.64. The molecule has 27 heavy (non-hydrogen) atoms. The Kier molecular flexibility index (Phi) is 4.96. The van der Waals surface area contributed by atoms with Crippen molar-refractivity contribution in [3.63, 3.8) is 0 Å². The van der Waals surface area contributed by atoms with Crippen molar-refractivity contribution in [2.75, 3.05) is 13.1 Å². The molecule has 3 heterocycles. The maximum atomic E-state index is 12.3. The second-order valence-corrected chi connectivity index (χ2v) is 6.93. The van der Waals surface area contributed by atoms with E-state index in [0.717, 1.165) is 18.4 Å². The topological polar surface area (TPSA) is 67.5 Å². The largest absolute Gasteiger partial charge is 0.459 e. The quantitative estimate of drug-likeness (QED) is 0.756. The van der Waals surface area contributed by atoms with Crippen LogP contribution in [0.4, 0.5) is 0 Å². The van der Waals surface area contributed by atoms with E-state index in [2.05, 4.69) is 28.1 Å². The lowest BCUT2D eigenvalue weighted by Crippen LogP contribution is -2.46. The van der Waals surface area contributed by atoms with Crippen molar-refractivity contribution in [2.24, 2.45) is 0 Å². The summed E-state index contributed by atoms with van der Waals surface area (Å²) >= 11 is 0. The van der Waals surface area contributed by atoms with Gasteiger partial charge in [-0.15, -0.1) is 0 Å². The molecule has 0 spiro atoms. The van der Waals surface area contributed by atoms with Crippen LogP contribution in [0.2, 0.25) is 0 Å². The van der Waals surface area contributed by atoms with E-state index in [1.807, 2.05) is 18.3 Å². The Morgan fingerprint density at radius 2 is 1.89 bits per heavy atom. The van der Waals surface area contributed by atoms with Crippen molar-refractivity contribution in [1.82, 2.24) is 14.8 Å². The molecule has 6 heteroatoms. The third-order valence-electron chi connectivity index (χ3n) is 5.14. The zero-order valence-electron chi connectivity index (χ0n) is 15.1. The minimum absolute atomic E-state index is 0.0589. The summed E-state index contributed by atoms with van der Waals surface area (Å²) in [5.41, 5.74) is 1.15. The number of piperidine rings is 1. The molecular formula is C21H23N3O3. The van der Waals surface area contributed by atoms with Crippen LogP contribution in [-0.4, -0.2) is 40.4 Å². The van der Waals surface area contributed by atoms with Gasteiger partial charge in [0.2, 0.25) is 5.91 Å². The highest BCUT2D eigenvalue weighted by Crippen LogP contribution is 2.16. The Labute approximate surface area is 157 Å². The number of fused-ring (bicyclic) bond motifs is 1. The van der Waals surface area contributed by atoms with Crippen LogP contribution in [0.25, 0.3) is 10.9 Å². The highest BCUT2D eigenvalue weighted by molar-refractivity contribution is 5.91. The summed E-state index contributed by atoms with van der Waals surface area (Å²) < 4.78 is 7.29. The Bertz CT molecular complexity index is 921. The Hall–Kier alpha value is -3.02. The maximum Gasteiger partial charge on any atom is 0.289 e. The molecule has 0 atom stereocenters. The summed E-state index contributed by atoms with van der Waals surface area (Å²) in [7, 11) is 0. The molecule has 0 bridgehead atoms. The molecule has 0 aliphatic carbocycles. The lowest BCUT2D eigenvalue weighted by Gasteiger charge is -2.31. The molecule has 140 valence electrons. The molecule has 4 rings (SSSR count). The second-order valence-electron chi connectivity index (χ2n) is 6.93. The average molecular weight is 365 g/mol. The predicted molar refractivity (Wildman–Crippen MR) is 102 cm³/mol. The van der Waals surface area contributed by atoms with Crippen molar-refractivity contribution in [2.45, 2.75) is 31.8 Å². The summed E-state index contributed by atoms with van der Waals surface area (Å²) in [5.74, 6) is 0.351. The van der Waals surface area contributed by atoms with E-state index in [1.165, 1.54) is 11.6 Å². The lowest BCUT2D eigenvalue weighted by molar-refractivity contribution is -0.122. The first kappa shape index (κ1) is 17.4. The predicted octanol–water partition coefficient (Wildman–Crippen LogP) is 3.05. The van der Waals surface area contributed by atoms with Crippen LogP contribution in [0, 0.1) is 0 Å². The standard InChI is InChI=1S/C21H23N3O3/c25-20(10-14-23-11-7-16-4-1-2-5-18(16)23)22-17-8-12-24(13-9-17)21(26)19-6-3-15-27-19/h1-7,11,15,17H,8-10,12-14H2,(H,22,25). The minimum Gasteiger partial charge on any atom is -0.459 e. The Morgan fingerprint density at radius 3 is 2.67 bits per heavy atom. The van der Waals surface area contributed by atoms with Crippen molar-refractivity contribution in [3.05, 3.63) is 60.7 Å². The monoisotopic (exact) mass is 365 g/mol. The number of furan rings is 1. The third-order valence-corrected chi connectivity index (χ3v) is 5.14. The zero-order valence-corrected chi connectivity index (χ0v) is 15.1. The van der Waals surface area contributed by atoms with E-state index < -0.39 is 0 Å². The van der Waals surface area contributed by atoms with E-state index in [4.69, 9.17) is 4.42 Å². The number of aryl methyl sites for hydroxylation is 1. The molecule has 1 aliphatic heterocycles. The first-order valence-electron chi connectivity index (χ1n) is 9.37. The van der Waals surface area contributed by atoms with Crippen molar-refractivity contribution >= 4 is 22.7 Å². The van der Waals surface area contributed by atoms with Gasteiger partial charge in [-0.1, -0.05) is 18.2 Å². The molecule has 2 aromatic heterocycles. The van der Waals surface area contributed by atoms with Gasteiger partial charge >= 0.3 is 0 Å². The Morgan fingerprint density at radius 1 is 1.07 bits per heavy atom. The SMILES string of the molecule is O=C(CCn1ccc2ccccc21)NC1CCN(C(=O)c2ccco2)CC1.